The van der Waals surface area contributed by atoms with Crippen molar-refractivity contribution in [2.75, 3.05) is 6.54 Å². The topological polar surface area (TPSA) is 34.0 Å². The van der Waals surface area contributed by atoms with Crippen molar-refractivity contribution in [1.29, 1.82) is 0 Å². The van der Waals surface area contributed by atoms with Gasteiger partial charge >= 0.3 is 0 Å². The quantitative estimate of drug-likeness (QED) is 0.862. The lowest BCUT2D eigenvalue weighted by Gasteiger charge is -2.21. The lowest BCUT2D eigenvalue weighted by atomic mass is 9.96. The molecule has 0 aliphatic carbocycles. The molecule has 1 fully saturated rings. The molecule has 3 rings (SSSR count). The molecule has 19 heavy (non-hydrogen) atoms. The molecule has 0 radical (unpaired) electrons. The van der Waals surface area contributed by atoms with Gasteiger partial charge in [0.2, 0.25) is 0 Å². The molecular weight excluding hydrogens is 304 g/mol. The number of hydrogen-bond donors (Lipinski definition) is 1. The Hall–Kier alpha value is -1.13. The van der Waals surface area contributed by atoms with Crippen LogP contribution in [0, 0.1) is 0 Å². The third kappa shape index (κ3) is 2.35. The van der Waals surface area contributed by atoms with Crippen LogP contribution in [0.4, 0.5) is 0 Å². The van der Waals surface area contributed by atoms with E-state index in [9.17, 15) is 4.79 Å². The third-order valence-corrected chi connectivity index (χ3v) is 4.34. The van der Waals surface area contributed by atoms with Crippen LogP contribution in [0.2, 0.25) is 0 Å². The Kier molecular flexibility index (Phi) is 3.46. The second kappa shape index (κ2) is 5.10. The van der Waals surface area contributed by atoms with E-state index in [1.165, 1.54) is 6.42 Å². The van der Waals surface area contributed by atoms with E-state index in [1.54, 1.807) is 0 Å². The predicted octanol–water partition coefficient (Wildman–Crippen LogP) is 3.27. The lowest BCUT2D eigenvalue weighted by molar-refractivity contribution is 0.0928. The number of ketones is 1. The number of benzene rings is 1. The van der Waals surface area contributed by atoms with E-state index in [4.69, 9.17) is 0 Å². The summed E-state index contributed by atoms with van der Waals surface area (Å²) >= 11 is 3.48. The first-order chi connectivity index (χ1) is 9.16. The molecular formula is C15H17BrN2O. The van der Waals surface area contributed by atoms with Crippen LogP contribution in [0.1, 0.15) is 29.6 Å². The van der Waals surface area contributed by atoms with Gasteiger partial charge in [-0.1, -0.05) is 28.4 Å². The molecule has 1 aromatic heterocycles. The zero-order chi connectivity index (χ0) is 13.4. The summed E-state index contributed by atoms with van der Waals surface area (Å²) in [5.74, 6) is 0.229. The number of carbonyl (C=O) groups is 1. The highest BCUT2D eigenvalue weighted by atomic mass is 79.9. The van der Waals surface area contributed by atoms with Gasteiger partial charge in [-0.25, -0.2) is 0 Å². The van der Waals surface area contributed by atoms with Crippen LogP contribution in [-0.2, 0) is 7.05 Å². The summed E-state index contributed by atoms with van der Waals surface area (Å²) in [7, 11) is 1.99. The van der Waals surface area contributed by atoms with Crippen LogP contribution in [0.25, 0.3) is 10.9 Å². The van der Waals surface area contributed by atoms with Crippen LogP contribution in [-0.4, -0.2) is 22.9 Å². The molecule has 3 nitrogen and oxygen atoms in total. The number of hydrogen-bond acceptors (Lipinski definition) is 2. The van der Waals surface area contributed by atoms with Gasteiger partial charge in [0.05, 0.1) is 6.04 Å². The fourth-order valence-corrected chi connectivity index (χ4v) is 3.17. The molecule has 1 saturated heterocycles. The molecule has 1 atom stereocenters. The second-order valence-corrected chi connectivity index (χ2v) is 6.10. The van der Waals surface area contributed by atoms with E-state index in [2.05, 4.69) is 27.3 Å². The minimum Gasteiger partial charge on any atom is -0.350 e. The molecule has 1 unspecified atom stereocenters. The summed E-state index contributed by atoms with van der Waals surface area (Å²) < 4.78 is 3.06. The van der Waals surface area contributed by atoms with Gasteiger partial charge in [0.25, 0.3) is 0 Å². The summed E-state index contributed by atoms with van der Waals surface area (Å²) in [6.07, 6.45) is 5.22. The van der Waals surface area contributed by atoms with E-state index in [1.807, 2.05) is 29.9 Å². The van der Waals surface area contributed by atoms with Gasteiger partial charge in [0.15, 0.2) is 5.78 Å². The first-order valence-corrected chi connectivity index (χ1v) is 7.48. The summed E-state index contributed by atoms with van der Waals surface area (Å²) in [5, 5.41) is 4.38. The fourth-order valence-electron chi connectivity index (χ4n) is 2.82. The molecule has 0 saturated carbocycles. The van der Waals surface area contributed by atoms with Crippen LogP contribution in [0.5, 0.6) is 0 Å². The number of nitrogens with one attached hydrogen (secondary N) is 1. The number of aromatic nitrogens is 1. The maximum absolute atomic E-state index is 12.6. The maximum Gasteiger partial charge on any atom is 0.181 e. The van der Waals surface area contributed by atoms with Gasteiger partial charge in [-0.2, -0.15) is 0 Å². The Morgan fingerprint density at radius 3 is 3.00 bits per heavy atom. The molecule has 0 bridgehead atoms. The van der Waals surface area contributed by atoms with Crippen molar-refractivity contribution < 1.29 is 4.79 Å². The molecule has 1 aliphatic heterocycles. The van der Waals surface area contributed by atoms with E-state index < -0.39 is 0 Å². The molecule has 100 valence electrons. The van der Waals surface area contributed by atoms with Crippen molar-refractivity contribution in [1.82, 2.24) is 9.88 Å². The molecule has 2 heterocycles. The summed E-state index contributed by atoms with van der Waals surface area (Å²) in [4.78, 5) is 12.6. The zero-order valence-electron chi connectivity index (χ0n) is 10.9. The molecule has 4 heteroatoms. The number of nitrogens with zero attached hydrogens (tertiary/aromatic N) is 1. The summed E-state index contributed by atoms with van der Waals surface area (Å²) in [5.41, 5.74) is 1.93. The fraction of sp³-hybridized carbons (Fsp3) is 0.400. The van der Waals surface area contributed by atoms with Crippen LogP contribution in [0.3, 0.4) is 0 Å². The van der Waals surface area contributed by atoms with Crippen molar-refractivity contribution in [3.63, 3.8) is 0 Å². The monoisotopic (exact) mass is 320 g/mol. The number of aryl methyl sites for hydroxylation is 1. The average molecular weight is 321 g/mol. The number of Topliss-reactive ketones (excluding diaryl/α,β-unsaturated/α-hetero) is 1. The van der Waals surface area contributed by atoms with E-state index in [-0.39, 0.29) is 11.8 Å². The number of rotatable bonds is 2. The Morgan fingerprint density at radius 1 is 1.42 bits per heavy atom. The van der Waals surface area contributed by atoms with Crippen molar-refractivity contribution in [3.8, 4) is 0 Å². The van der Waals surface area contributed by atoms with Gasteiger partial charge in [0.1, 0.15) is 0 Å². The minimum absolute atomic E-state index is 0.0111. The van der Waals surface area contributed by atoms with Crippen molar-refractivity contribution in [2.24, 2.45) is 7.05 Å². The predicted molar refractivity (Wildman–Crippen MR) is 80.6 cm³/mol. The molecule has 1 N–H and O–H groups in total. The Labute approximate surface area is 121 Å². The van der Waals surface area contributed by atoms with Crippen molar-refractivity contribution in [3.05, 3.63) is 34.4 Å². The maximum atomic E-state index is 12.6. The normalized spacial score (nSPS) is 19.8. The van der Waals surface area contributed by atoms with Crippen molar-refractivity contribution >= 4 is 32.6 Å². The van der Waals surface area contributed by atoms with Crippen LogP contribution < -0.4 is 5.32 Å². The largest absolute Gasteiger partial charge is 0.350 e. The minimum atomic E-state index is -0.0111. The van der Waals surface area contributed by atoms with Gasteiger partial charge in [0, 0.05) is 34.2 Å². The number of halogens is 1. The molecule has 1 aromatic carbocycles. The molecule has 2 aromatic rings. The van der Waals surface area contributed by atoms with Gasteiger partial charge < -0.3 is 9.88 Å². The van der Waals surface area contributed by atoms with Gasteiger partial charge in [-0.3, -0.25) is 4.79 Å². The van der Waals surface area contributed by atoms with Gasteiger partial charge in [-0.15, -0.1) is 0 Å². The third-order valence-electron chi connectivity index (χ3n) is 3.84. The molecule has 0 spiro atoms. The van der Waals surface area contributed by atoms with Crippen molar-refractivity contribution in [2.45, 2.75) is 25.3 Å². The lowest BCUT2D eigenvalue weighted by Crippen LogP contribution is -2.40. The van der Waals surface area contributed by atoms with E-state index in [0.29, 0.717) is 0 Å². The molecule has 0 amide bonds. The zero-order valence-corrected chi connectivity index (χ0v) is 12.5. The summed E-state index contributed by atoms with van der Waals surface area (Å²) in [6.45, 7) is 0.951. The SMILES string of the molecule is Cn1cc(C(=O)C2CCCCN2)c2ccc(Br)cc21. The highest BCUT2D eigenvalue weighted by Crippen LogP contribution is 2.26. The Morgan fingerprint density at radius 2 is 2.26 bits per heavy atom. The standard InChI is InChI=1S/C15H17BrN2O/c1-18-9-12(11-6-5-10(16)8-14(11)18)15(19)13-4-2-3-7-17-13/h5-6,8-9,13,17H,2-4,7H2,1H3. The number of piperidine rings is 1. The Balaban J connectivity index is 2.02. The Bertz CT molecular complexity index is 626. The number of carbonyl (C=O) groups excluding carboxylic acids is 1. The summed E-state index contributed by atoms with van der Waals surface area (Å²) in [6, 6.07) is 6.06. The smallest absolute Gasteiger partial charge is 0.181 e. The van der Waals surface area contributed by atoms with Crippen LogP contribution >= 0.6 is 15.9 Å². The first-order valence-electron chi connectivity index (χ1n) is 6.69. The second-order valence-electron chi connectivity index (χ2n) is 5.18. The number of fused-ring (bicyclic) bond motifs is 1. The average Bonchev–Trinajstić information content (AvgIpc) is 2.76. The molecule has 1 aliphatic rings. The van der Waals surface area contributed by atoms with E-state index in [0.717, 1.165) is 40.3 Å². The van der Waals surface area contributed by atoms with Crippen LogP contribution in [0.15, 0.2) is 28.9 Å². The van der Waals surface area contributed by atoms with Gasteiger partial charge in [-0.05, 0) is 31.5 Å². The highest BCUT2D eigenvalue weighted by molar-refractivity contribution is 9.10. The van der Waals surface area contributed by atoms with E-state index >= 15 is 0 Å². The first kappa shape index (κ1) is 12.9. The highest BCUT2D eigenvalue weighted by Gasteiger charge is 2.24.